The number of hydrogen-bond acceptors (Lipinski definition) is 4. The van der Waals surface area contributed by atoms with Crippen molar-refractivity contribution < 1.29 is 19.1 Å². The lowest BCUT2D eigenvalue weighted by molar-refractivity contribution is -0.140. The second kappa shape index (κ2) is 8.07. The van der Waals surface area contributed by atoms with Crippen molar-refractivity contribution in [2.75, 3.05) is 0 Å². The van der Waals surface area contributed by atoms with Gasteiger partial charge in [-0.2, -0.15) is 0 Å². The topological polar surface area (TPSA) is 97.1 Å². The zero-order valence-electron chi connectivity index (χ0n) is 15.2. The van der Waals surface area contributed by atoms with Crippen molar-refractivity contribution >= 4 is 11.9 Å². The number of rotatable bonds is 7. The third-order valence-corrected chi connectivity index (χ3v) is 4.20. The van der Waals surface area contributed by atoms with Crippen LogP contribution in [0.4, 0.5) is 4.39 Å². The number of para-hydroxylation sites is 1. The van der Waals surface area contributed by atoms with E-state index >= 15 is 0 Å². The van der Waals surface area contributed by atoms with E-state index in [4.69, 9.17) is 0 Å². The van der Waals surface area contributed by atoms with Crippen LogP contribution in [0.1, 0.15) is 56.5 Å². The number of amides is 1. The van der Waals surface area contributed by atoms with Gasteiger partial charge in [0.15, 0.2) is 0 Å². The minimum Gasteiger partial charge on any atom is -0.480 e. The zero-order chi connectivity index (χ0) is 19.4. The van der Waals surface area contributed by atoms with Crippen molar-refractivity contribution in [2.45, 2.75) is 46.1 Å². The fraction of sp³-hybridized carbons (Fsp3) is 0.444. The molecule has 0 aliphatic rings. The van der Waals surface area contributed by atoms with E-state index < -0.39 is 23.7 Å². The van der Waals surface area contributed by atoms with Gasteiger partial charge in [-0.15, -0.1) is 5.10 Å². The molecule has 0 saturated carbocycles. The summed E-state index contributed by atoms with van der Waals surface area (Å²) in [6.45, 7) is 7.28. The van der Waals surface area contributed by atoms with E-state index in [0.29, 0.717) is 12.2 Å². The molecule has 0 aliphatic heterocycles. The average Bonchev–Trinajstić information content (AvgIpc) is 3.04. The highest BCUT2D eigenvalue weighted by Gasteiger charge is 2.28. The first-order chi connectivity index (χ1) is 12.3. The molecule has 1 aromatic heterocycles. The Bertz CT molecular complexity index is 803. The fourth-order valence-electron chi connectivity index (χ4n) is 2.48. The molecule has 0 radical (unpaired) electrons. The Morgan fingerprint density at radius 3 is 2.46 bits per heavy atom. The normalized spacial score (nSPS) is 13.5. The summed E-state index contributed by atoms with van der Waals surface area (Å²) in [6, 6.07) is 5.01. The van der Waals surface area contributed by atoms with Gasteiger partial charge in [-0.25, -0.2) is 18.9 Å². The molecule has 2 aromatic rings. The van der Waals surface area contributed by atoms with Gasteiger partial charge in [0.25, 0.3) is 5.91 Å². The number of carbonyl (C=O) groups excluding carboxylic acids is 1. The molecule has 0 spiro atoms. The lowest BCUT2D eigenvalue weighted by Crippen LogP contribution is -2.45. The predicted octanol–water partition coefficient (Wildman–Crippen LogP) is 2.76. The molecule has 0 unspecified atom stereocenters. The third kappa shape index (κ3) is 4.07. The Balaban J connectivity index is 2.39. The van der Waals surface area contributed by atoms with Gasteiger partial charge >= 0.3 is 5.97 Å². The number of nitrogens with zero attached hydrogens (tertiary/aromatic N) is 3. The Morgan fingerprint density at radius 2 is 1.92 bits per heavy atom. The molecule has 2 rings (SSSR count). The van der Waals surface area contributed by atoms with Gasteiger partial charge in [0, 0.05) is 5.92 Å². The van der Waals surface area contributed by atoms with Crippen LogP contribution in [-0.2, 0) is 4.79 Å². The first-order valence-corrected chi connectivity index (χ1v) is 8.51. The highest BCUT2D eigenvalue weighted by molar-refractivity contribution is 5.93. The standard InChI is InChI=1S/C18H23FN4O3/c1-5-11(4)14(18(25)26)20-17(24)15-21-16(10(2)3)23(22-15)13-9-7-6-8-12(13)19/h6-11,14H,5H2,1-4H3,(H,20,24)(H,25,26)/t11-,14-/m0/s1. The molecule has 7 nitrogen and oxygen atoms in total. The van der Waals surface area contributed by atoms with Crippen LogP contribution in [0.2, 0.25) is 0 Å². The highest BCUT2D eigenvalue weighted by Crippen LogP contribution is 2.20. The first-order valence-electron chi connectivity index (χ1n) is 8.51. The van der Waals surface area contributed by atoms with Crippen molar-refractivity contribution in [1.82, 2.24) is 20.1 Å². The minimum atomic E-state index is -1.12. The summed E-state index contributed by atoms with van der Waals surface area (Å²) in [6.07, 6.45) is 0.589. The van der Waals surface area contributed by atoms with Crippen molar-refractivity contribution in [3.63, 3.8) is 0 Å². The number of hydrogen-bond donors (Lipinski definition) is 2. The lowest BCUT2D eigenvalue weighted by Gasteiger charge is -2.19. The van der Waals surface area contributed by atoms with Crippen LogP contribution in [-0.4, -0.2) is 37.8 Å². The summed E-state index contributed by atoms with van der Waals surface area (Å²) in [5.41, 5.74) is 0.180. The molecule has 1 aromatic carbocycles. The largest absolute Gasteiger partial charge is 0.480 e. The van der Waals surface area contributed by atoms with E-state index in [1.165, 1.54) is 16.8 Å². The number of carbonyl (C=O) groups is 2. The molecular weight excluding hydrogens is 339 g/mol. The zero-order valence-corrected chi connectivity index (χ0v) is 15.2. The maximum Gasteiger partial charge on any atom is 0.326 e. The van der Waals surface area contributed by atoms with Gasteiger partial charge in [0.05, 0.1) is 0 Å². The van der Waals surface area contributed by atoms with Gasteiger partial charge < -0.3 is 10.4 Å². The van der Waals surface area contributed by atoms with Crippen LogP contribution in [0.3, 0.4) is 0 Å². The van der Waals surface area contributed by atoms with E-state index in [9.17, 15) is 19.1 Å². The number of aliphatic carboxylic acids is 1. The summed E-state index contributed by atoms with van der Waals surface area (Å²) in [5.74, 6) is -2.46. The quantitative estimate of drug-likeness (QED) is 0.789. The third-order valence-electron chi connectivity index (χ3n) is 4.20. The monoisotopic (exact) mass is 362 g/mol. The van der Waals surface area contributed by atoms with Crippen LogP contribution in [0.5, 0.6) is 0 Å². The number of halogens is 1. The fourth-order valence-corrected chi connectivity index (χ4v) is 2.48. The van der Waals surface area contributed by atoms with Crippen molar-refractivity contribution in [3.05, 3.63) is 41.7 Å². The predicted molar refractivity (Wildman–Crippen MR) is 93.8 cm³/mol. The SMILES string of the molecule is CC[C@H](C)[C@H](NC(=O)c1nc(C(C)C)n(-c2ccccc2F)n1)C(=O)O. The molecule has 1 amide bonds. The van der Waals surface area contributed by atoms with Crippen LogP contribution < -0.4 is 5.32 Å². The van der Waals surface area contributed by atoms with E-state index in [1.54, 1.807) is 19.1 Å². The molecule has 0 saturated heterocycles. The van der Waals surface area contributed by atoms with Gasteiger partial charge in [-0.05, 0) is 18.1 Å². The van der Waals surface area contributed by atoms with Crippen LogP contribution in [0.15, 0.2) is 24.3 Å². The molecule has 0 fully saturated rings. The molecule has 26 heavy (non-hydrogen) atoms. The Labute approximate surface area is 151 Å². The number of carboxylic acid groups (broad SMARTS) is 1. The number of aromatic nitrogens is 3. The number of nitrogens with one attached hydrogen (secondary N) is 1. The number of carboxylic acids is 1. The van der Waals surface area contributed by atoms with Gasteiger partial charge in [0.2, 0.25) is 5.82 Å². The van der Waals surface area contributed by atoms with E-state index in [2.05, 4.69) is 15.4 Å². The first kappa shape index (κ1) is 19.6. The van der Waals surface area contributed by atoms with E-state index in [1.807, 2.05) is 20.8 Å². The summed E-state index contributed by atoms with van der Waals surface area (Å²) in [7, 11) is 0. The van der Waals surface area contributed by atoms with Gasteiger partial charge in [-0.1, -0.05) is 46.2 Å². The van der Waals surface area contributed by atoms with Gasteiger partial charge in [0.1, 0.15) is 23.4 Å². The Kier molecular flexibility index (Phi) is 6.07. The molecular formula is C18H23FN4O3. The highest BCUT2D eigenvalue weighted by atomic mass is 19.1. The summed E-state index contributed by atoms with van der Waals surface area (Å²) in [5, 5.41) is 15.9. The van der Waals surface area contributed by atoms with E-state index in [-0.39, 0.29) is 23.3 Å². The van der Waals surface area contributed by atoms with E-state index in [0.717, 1.165) is 0 Å². The second-order valence-corrected chi connectivity index (χ2v) is 6.49. The summed E-state index contributed by atoms with van der Waals surface area (Å²) >= 11 is 0. The smallest absolute Gasteiger partial charge is 0.326 e. The van der Waals surface area contributed by atoms with Crippen molar-refractivity contribution in [3.8, 4) is 5.69 Å². The average molecular weight is 362 g/mol. The van der Waals surface area contributed by atoms with Crippen LogP contribution in [0, 0.1) is 11.7 Å². The van der Waals surface area contributed by atoms with Crippen molar-refractivity contribution in [1.29, 1.82) is 0 Å². The molecule has 140 valence electrons. The Morgan fingerprint density at radius 1 is 1.27 bits per heavy atom. The molecule has 2 atom stereocenters. The van der Waals surface area contributed by atoms with Gasteiger partial charge in [-0.3, -0.25) is 4.79 Å². The second-order valence-electron chi connectivity index (χ2n) is 6.49. The number of benzene rings is 1. The maximum atomic E-state index is 14.1. The summed E-state index contributed by atoms with van der Waals surface area (Å²) < 4.78 is 15.4. The Hall–Kier alpha value is -2.77. The summed E-state index contributed by atoms with van der Waals surface area (Å²) in [4.78, 5) is 28.1. The maximum absolute atomic E-state index is 14.1. The lowest BCUT2D eigenvalue weighted by atomic mass is 9.99. The van der Waals surface area contributed by atoms with Crippen LogP contribution >= 0.6 is 0 Å². The molecule has 0 bridgehead atoms. The molecule has 0 aliphatic carbocycles. The van der Waals surface area contributed by atoms with Crippen molar-refractivity contribution in [2.24, 2.45) is 5.92 Å². The minimum absolute atomic E-state index is 0.117. The molecule has 1 heterocycles. The molecule has 8 heteroatoms. The van der Waals surface area contributed by atoms with Crippen LogP contribution in [0.25, 0.3) is 5.69 Å². The molecule has 2 N–H and O–H groups in total.